The van der Waals surface area contributed by atoms with Crippen molar-refractivity contribution >= 4 is 0 Å². The second-order valence-corrected chi connectivity index (χ2v) is 11.7. The number of allylic oxidation sites excluding steroid dienone is 1. The molecule has 3 nitrogen and oxygen atoms in total. The summed E-state index contributed by atoms with van der Waals surface area (Å²) in [6.45, 7) is 10.9. The molecule has 0 aromatic rings. The molecule has 1 saturated heterocycles. The number of fused-ring (bicyclic) bond motifs is 5. The van der Waals surface area contributed by atoms with Gasteiger partial charge in [0, 0.05) is 5.92 Å². The molecule has 4 aliphatic carbocycles. The van der Waals surface area contributed by atoms with E-state index < -0.39 is 5.60 Å². The molecule has 0 aromatic carbocycles. The fourth-order valence-electron chi connectivity index (χ4n) is 8.70. The Morgan fingerprint density at radius 3 is 2.43 bits per heavy atom. The molecule has 0 bridgehead atoms. The van der Waals surface area contributed by atoms with Gasteiger partial charge in [-0.25, -0.2) is 0 Å². The van der Waals surface area contributed by atoms with Crippen LogP contribution in [0.2, 0.25) is 0 Å². The van der Waals surface area contributed by atoms with E-state index in [1.807, 2.05) is 6.92 Å². The summed E-state index contributed by atoms with van der Waals surface area (Å²) in [7, 11) is 0. The highest BCUT2D eigenvalue weighted by Crippen LogP contribution is 2.68. The Bertz CT molecular complexity index is 661. The third kappa shape index (κ3) is 2.72. The van der Waals surface area contributed by atoms with Crippen molar-refractivity contribution in [2.75, 3.05) is 13.2 Å². The molecule has 5 aliphatic rings. The van der Waals surface area contributed by atoms with Crippen LogP contribution in [0.5, 0.6) is 0 Å². The highest BCUT2D eigenvalue weighted by atomic mass is 16.7. The number of aliphatic hydroxyl groups is 1. The van der Waals surface area contributed by atoms with Gasteiger partial charge in [0.05, 0.1) is 18.8 Å². The molecule has 4 fully saturated rings. The maximum Gasteiger partial charge on any atom is 0.169 e. The first-order chi connectivity index (χ1) is 13.2. The smallest absolute Gasteiger partial charge is 0.169 e. The Morgan fingerprint density at radius 2 is 1.68 bits per heavy atom. The van der Waals surface area contributed by atoms with Gasteiger partial charge in [0.1, 0.15) is 0 Å². The molecule has 3 saturated carbocycles. The maximum absolute atomic E-state index is 10.8. The van der Waals surface area contributed by atoms with Gasteiger partial charge in [0.25, 0.3) is 0 Å². The summed E-state index contributed by atoms with van der Waals surface area (Å²) >= 11 is 0. The van der Waals surface area contributed by atoms with E-state index in [2.05, 4.69) is 26.8 Å². The summed E-state index contributed by atoms with van der Waals surface area (Å²) in [5.74, 6) is 2.54. The zero-order valence-corrected chi connectivity index (χ0v) is 18.4. The lowest BCUT2D eigenvalue weighted by Gasteiger charge is -2.57. The topological polar surface area (TPSA) is 38.7 Å². The zero-order chi connectivity index (χ0) is 19.8. The molecule has 0 spiro atoms. The molecule has 1 N–H and O–H groups in total. The van der Waals surface area contributed by atoms with Crippen LogP contribution in [0.4, 0.5) is 0 Å². The molecule has 1 aliphatic heterocycles. The maximum atomic E-state index is 10.8. The quantitative estimate of drug-likeness (QED) is 0.605. The second-order valence-electron chi connectivity index (χ2n) is 11.7. The third-order valence-corrected chi connectivity index (χ3v) is 10.1. The van der Waals surface area contributed by atoms with E-state index >= 15 is 0 Å². The molecule has 0 radical (unpaired) electrons. The zero-order valence-electron chi connectivity index (χ0n) is 18.4. The molecule has 3 heteroatoms. The first-order valence-corrected chi connectivity index (χ1v) is 11.9. The molecule has 0 aromatic heterocycles. The molecule has 0 amide bonds. The second kappa shape index (κ2) is 6.31. The van der Waals surface area contributed by atoms with Gasteiger partial charge in [0.2, 0.25) is 0 Å². The average Bonchev–Trinajstić information content (AvgIpc) is 3.17. The van der Waals surface area contributed by atoms with Crippen LogP contribution in [0.25, 0.3) is 0 Å². The van der Waals surface area contributed by atoms with Crippen molar-refractivity contribution in [1.82, 2.24) is 0 Å². The molecule has 7 atom stereocenters. The number of hydrogen-bond donors (Lipinski definition) is 1. The molecule has 158 valence electrons. The molecular weight excluding hydrogens is 348 g/mol. The van der Waals surface area contributed by atoms with Crippen LogP contribution < -0.4 is 0 Å². The molecule has 5 rings (SSSR count). The number of hydrogen-bond acceptors (Lipinski definition) is 3. The van der Waals surface area contributed by atoms with Crippen molar-refractivity contribution in [3.8, 4) is 0 Å². The minimum atomic E-state index is -0.510. The molecular formula is C25H40O3. The highest BCUT2D eigenvalue weighted by Gasteiger charge is 2.62. The van der Waals surface area contributed by atoms with Gasteiger partial charge in [-0.15, -0.1) is 0 Å². The van der Waals surface area contributed by atoms with Gasteiger partial charge in [-0.05, 0) is 100 Å². The van der Waals surface area contributed by atoms with Gasteiger partial charge >= 0.3 is 0 Å². The Morgan fingerprint density at radius 1 is 0.929 bits per heavy atom. The molecule has 28 heavy (non-hydrogen) atoms. The molecule has 0 unspecified atom stereocenters. The average molecular weight is 389 g/mol. The van der Waals surface area contributed by atoms with E-state index in [9.17, 15) is 5.11 Å². The van der Waals surface area contributed by atoms with Crippen molar-refractivity contribution in [2.24, 2.45) is 34.5 Å². The van der Waals surface area contributed by atoms with E-state index in [1.54, 1.807) is 5.57 Å². The van der Waals surface area contributed by atoms with Gasteiger partial charge < -0.3 is 14.6 Å². The van der Waals surface area contributed by atoms with Crippen LogP contribution in [-0.4, -0.2) is 29.7 Å². The van der Waals surface area contributed by atoms with E-state index in [-0.39, 0.29) is 5.79 Å². The summed E-state index contributed by atoms with van der Waals surface area (Å²) < 4.78 is 12.3. The fraction of sp³-hybridized carbons (Fsp3) is 0.920. The Labute approximate surface area is 171 Å². The Balaban J connectivity index is 1.45. The van der Waals surface area contributed by atoms with Crippen molar-refractivity contribution in [1.29, 1.82) is 0 Å². The lowest BCUT2D eigenvalue weighted by Crippen LogP contribution is -2.52. The van der Waals surface area contributed by atoms with E-state index in [0.717, 1.165) is 50.2 Å². The fourth-order valence-corrected chi connectivity index (χ4v) is 8.70. The largest absolute Gasteiger partial charge is 0.390 e. The normalized spacial score (nSPS) is 53.0. The van der Waals surface area contributed by atoms with Gasteiger partial charge in [-0.2, -0.15) is 0 Å². The summed E-state index contributed by atoms with van der Waals surface area (Å²) in [5, 5.41) is 10.8. The van der Waals surface area contributed by atoms with Crippen LogP contribution in [0, 0.1) is 34.5 Å². The SMILES string of the molecule is CC1([C@H]2CC[C@H]3[C@@H]4CC=C5C[C@](C)(O)CCC[C@]5(C)[C@H]4CC[C@]23C)OCCO1. The van der Waals surface area contributed by atoms with Gasteiger partial charge in [-0.3, -0.25) is 0 Å². The summed E-state index contributed by atoms with van der Waals surface area (Å²) in [5.41, 5.74) is 1.71. The lowest BCUT2D eigenvalue weighted by atomic mass is 9.48. The van der Waals surface area contributed by atoms with Gasteiger partial charge in [0.15, 0.2) is 5.79 Å². The summed E-state index contributed by atoms with van der Waals surface area (Å²) in [6, 6.07) is 0. The van der Waals surface area contributed by atoms with E-state index in [0.29, 0.717) is 16.7 Å². The van der Waals surface area contributed by atoms with Crippen molar-refractivity contribution < 1.29 is 14.6 Å². The van der Waals surface area contributed by atoms with Crippen LogP contribution in [0.1, 0.15) is 85.5 Å². The summed E-state index contributed by atoms with van der Waals surface area (Å²) in [4.78, 5) is 0. The number of rotatable bonds is 1. The van der Waals surface area contributed by atoms with Crippen LogP contribution in [-0.2, 0) is 9.47 Å². The van der Waals surface area contributed by atoms with Crippen molar-refractivity contribution in [2.45, 2.75) is 96.9 Å². The van der Waals surface area contributed by atoms with E-state index in [1.165, 1.54) is 38.5 Å². The monoisotopic (exact) mass is 388 g/mol. The first-order valence-electron chi connectivity index (χ1n) is 11.9. The lowest BCUT2D eigenvalue weighted by molar-refractivity contribution is -0.214. The van der Waals surface area contributed by atoms with Crippen LogP contribution in [0.3, 0.4) is 0 Å². The molecule has 1 heterocycles. The predicted molar refractivity (Wildman–Crippen MR) is 111 cm³/mol. The van der Waals surface area contributed by atoms with Crippen LogP contribution in [0.15, 0.2) is 11.6 Å². The number of ether oxygens (including phenoxy) is 2. The van der Waals surface area contributed by atoms with Crippen molar-refractivity contribution in [3.05, 3.63) is 11.6 Å². The first kappa shape index (κ1) is 19.6. The third-order valence-electron chi connectivity index (χ3n) is 10.1. The highest BCUT2D eigenvalue weighted by molar-refractivity contribution is 5.25. The van der Waals surface area contributed by atoms with Gasteiger partial charge in [-0.1, -0.05) is 25.5 Å². The minimum absolute atomic E-state index is 0.299. The van der Waals surface area contributed by atoms with Crippen LogP contribution >= 0.6 is 0 Å². The van der Waals surface area contributed by atoms with Crippen molar-refractivity contribution in [3.63, 3.8) is 0 Å². The summed E-state index contributed by atoms with van der Waals surface area (Å²) in [6.07, 6.45) is 13.3. The Hall–Kier alpha value is -0.380. The van der Waals surface area contributed by atoms with E-state index in [4.69, 9.17) is 9.47 Å². The standard InChI is InChI=1S/C25H40O3/c1-22(26)11-5-12-23(2)17(16-22)6-7-18-19-8-9-21(25(4)27-14-15-28-25)24(19,3)13-10-20(18)23/h6,18-21,26H,5,7-16H2,1-4H3/t18-,19-,20-,21-,22+,23-,24-/m0/s1. The minimum Gasteiger partial charge on any atom is -0.390 e. The Kier molecular flexibility index (Phi) is 4.41. The predicted octanol–water partition coefficient (Wildman–Crippen LogP) is 5.47.